The molecular formula is C12H9FN4. The van der Waals surface area contributed by atoms with Crippen LogP contribution in [0.2, 0.25) is 0 Å². The molecule has 0 aliphatic rings. The molecule has 0 radical (unpaired) electrons. The van der Waals surface area contributed by atoms with Crippen molar-refractivity contribution >= 4 is 5.95 Å². The maximum Gasteiger partial charge on any atom is 0.236 e. The monoisotopic (exact) mass is 228 g/mol. The summed E-state index contributed by atoms with van der Waals surface area (Å²) in [5.74, 6) is 0.00696. The highest BCUT2D eigenvalue weighted by molar-refractivity contribution is 5.62. The summed E-state index contributed by atoms with van der Waals surface area (Å²) in [5, 5.41) is 10.7. The minimum Gasteiger partial charge on any atom is -0.261 e. The van der Waals surface area contributed by atoms with E-state index in [0.29, 0.717) is 5.56 Å². The zero-order valence-electron chi connectivity index (χ0n) is 9.11. The van der Waals surface area contributed by atoms with Crippen molar-refractivity contribution in [3.8, 4) is 17.3 Å². The van der Waals surface area contributed by atoms with Gasteiger partial charge in [-0.05, 0) is 30.2 Å². The van der Waals surface area contributed by atoms with Crippen LogP contribution >= 0.6 is 0 Å². The fraction of sp³-hybridized carbons (Fsp3) is 0.0833. The van der Waals surface area contributed by atoms with Gasteiger partial charge in [0, 0.05) is 18.0 Å². The number of aromatic nitrogens is 2. The van der Waals surface area contributed by atoms with Crippen molar-refractivity contribution in [3.63, 3.8) is 0 Å². The van der Waals surface area contributed by atoms with E-state index in [1.165, 1.54) is 6.07 Å². The first-order chi connectivity index (χ1) is 8.20. The number of aryl methyl sites for hydroxylation is 1. The molecule has 0 bridgehead atoms. The topological polar surface area (TPSA) is 61.6 Å². The molecule has 17 heavy (non-hydrogen) atoms. The molecule has 2 rings (SSSR count). The number of hydrogen-bond donors (Lipinski definition) is 1. The van der Waals surface area contributed by atoms with Crippen LogP contribution in [0.25, 0.3) is 11.1 Å². The Hall–Kier alpha value is -2.48. The molecule has 0 aliphatic heterocycles. The van der Waals surface area contributed by atoms with E-state index < -0.39 is 0 Å². The molecular weight excluding hydrogens is 219 g/mol. The molecule has 4 nitrogen and oxygen atoms in total. The zero-order valence-corrected chi connectivity index (χ0v) is 9.11. The third-order valence-corrected chi connectivity index (χ3v) is 2.31. The quantitative estimate of drug-likeness (QED) is 0.633. The summed E-state index contributed by atoms with van der Waals surface area (Å²) >= 11 is 0. The SMILES string of the molecule is Cc1cc(-c2cnc(NC#N)nc2)ccc1F. The van der Waals surface area contributed by atoms with Crippen LogP contribution < -0.4 is 5.32 Å². The second-order valence-corrected chi connectivity index (χ2v) is 3.50. The Bertz CT molecular complexity index is 572. The maximum absolute atomic E-state index is 13.1. The molecule has 1 heterocycles. The van der Waals surface area contributed by atoms with Crippen LogP contribution in [-0.4, -0.2) is 9.97 Å². The lowest BCUT2D eigenvalue weighted by molar-refractivity contribution is 0.619. The van der Waals surface area contributed by atoms with Crippen molar-refractivity contribution in [1.82, 2.24) is 9.97 Å². The number of hydrogen-bond acceptors (Lipinski definition) is 4. The van der Waals surface area contributed by atoms with E-state index in [-0.39, 0.29) is 11.8 Å². The van der Waals surface area contributed by atoms with Gasteiger partial charge >= 0.3 is 0 Å². The minimum absolute atomic E-state index is 0.238. The number of anilines is 1. The second kappa shape index (κ2) is 4.58. The van der Waals surface area contributed by atoms with Gasteiger partial charge in [-0.3, -0.25) is 5.32 Å². The Labute approximate surface area is 97.8 Å². The lowest BCUT2D eigenvalue weighted by atomic mass is 10.1. The summed E-state index contributed by atoms with van der Waals surface area (Å²) < 4.78 is 13.1. The molecule has 0 fully saturated rings. The van der Waals surface area contributed by atoms with Gasteiger partial charge in [0.15, 0.2) is 6.19 Å². The van der Waals surface area contributed by atoms with Crippen molar-refractivity contribution in [2.75, 3.05) is 5.32 Å². The van der Waals surface area contributed by atoms with Gasteiger partial charge in [-0.2, -0.15) is 5.26 Å². The van der Waals surface area contributed by atoms with Crippen LogP contribution in [0, 0.1) is 24.2 Å². The van der Waals surface area contributed by atoms with Crippen molar-refractivity contribution in [1.29, 1.82) is 5.26 Å². The van der Waals surface area contributed by atoms with Crippen molar-refractivity contribution in [2.45, 2.75) is 6.92 Å². The van der Waals surface area contributed by atoms with Gasteiger partial charge in [0.05, 0.1) is 0 Å². The molecule has 0 spiro atoms. The van der Waals surface area contributed by atoms with Crippen molar-refractivity contribution in [3.05, 3.63) is 42.0 Å². The minimum atomic E-state index is -0.238. The van der Waals surface area contributed by atoms with E-state index in [0.717, 1.165) is 11.1 Å². The standard InChI is InChI=1S/C12H9FN4/c1-8-4-9(2-3-11(8)13)10-5-15-12(16-6-10)17-7-14/h2-6H,1H3,(H,15,16,17). The first kappa shape index (κ1) is 11.0. The van der Waals surface area contributed by atoms with Gasteiger partial charge in [0.25, 0.3) is 0 Å². The highest BCUT2D eigenvalue weighted by Crippen LogP contribution is 2.20. The van der Waals surface area contributed by atoms with Gasteiger partial charge in [-0.1, -0.05) is 6.07 Å². The van der Waals surface area contributed by atoms with Crippen LogP contribution in [-0.2, 0) is 0 Å². The summed E-state index contributed by atoms with van der Waals surface area (Å²) in [6.45, 7) is 1.70. The smallest absolute Gasteiger partial charge is 0.236 e. The van der Waals surface area contributed by atoms with E-state index in [1.807, 2.05) is 0 Å². The number of nitrogens with one attached hydrogen (secondary N) is 1. The number of nitriles is 1. The van der Waals surface area contributed by atoms with Gasteiger partial charge in [-0.25, -0.2) is 14.4 Å². The van der Waals surface area contributed by atoms with E-state index in [4.69, 9.17) is 5.26 Å². The average molecular weight is 228 g/mol. The normalized spacial score (nSPS) is 9.71. The highest BCUT2D eigenvalue weighted by Gasteiger charge is 2.03. The van der Waals surface area contributed by atoms with Crippen LogP contribution in [0.3, 0.4) is 0 Å². The van der Waals surface area contributed by atoms with Crippen molar-refractivity contribution < 1.29 is 4.39 Å². The van der Waals surface area contributed by atoms with Crippen molar-refractivity contribution in [2.24, 2.45) is 0 Å². The lowest BCUT2D eigenvalue weighted by Gasteiger charge is -2.03. The Kier molecular flexibility index (Phi) is 2.97. The number of halogens is 1. The van der Waals surface area contributed by atoms with E-state index in [1.54, 1.807) is 37.6 Å². The molecule has 1 aromatic carbocycles. The zero-order chi connectivity index (χ0) is 12.3. The molecule has 0 saturated heterocycles. The molecule has 5 heteroatoms. The Morgan fingerprint density at radius 3 is 2.53 bits per heavy atom. The van der Waals surface area contributed by atoms with E-state index in [2.05, 4.69) is 15.3 Å². The van der Waals surface area contributed by atoms with E-state index >= 15 is 0 Å². The summed E-state index contributed by atoms with van der Waals surface area (Å²) in [5.41, 5.74) is 2.19. The summed E-state index contributed by atoms with van der Waals surface area (Å²) in [4.78, 5) is 7.92. The molecule has 84 valence electrons. The third-order valence-electron chi connectivity index (χ3n) is 2.31. The summed E-state index contributed by atoms with van der Waals surface area (Å²) in [6.07, 6.45) is 4.90. The predicted octanol–water partition coefficient (Wildman–Crippen LogP) is 2.48. The summed E-state index contributed by atoms with van der Waals surface area (Å²) in [6, 6.07) is 4.80. The van der Waals surface area contributed by atoms with Gasteiger partial charge in [0.1, 0.15) is 5.82 Å². The van der Waals surface area contributed by atoms with Gasteiger partial charge < -0.3 is 0 Å². The molecule has 2 aromatic rings. The lowest BCUT2D eigenvalue weighted by Crippen LogP contribution is -1.95. The third kappa shape index (κ3) is 2.37. The van der Waals surface area contributed by atoms with Crippen LogP contribution in [0.4, 0.5) is 10.3 Å². The Balaban J connectivity index is 2.33. The Morgan fingerprint density at radius 1 is 1.24 bits per heavy atom. The van der Waals surface area contributed by atoms with E-state index in [9.17, 15) is 4.39 Å². The molecule has 0 unspecified atom stereocenters. The van der Waals surface area contributed by atoms with Gasteiger partial charge in [-0.15, -0.1) is 0 Å². The first-order valence-electron chi connectivity index (χ1n) is 4.94. The average Bonchev–Trinajstić information content (AvgIpc) is 2.34. The molecule has 0 saturated carbocycles. The molecule has 0 atom stereocenters. The Morgan fingerprint density at radius 2 is 1.94 bits per heavy atom. The first-order valence-corrected chi connectivity index (χ1v) is 4.94. The van der Waals surface area contributed by atoms with Crippen LogP contribution in [0.5, 0.6) is 0 Å². The van der Waals surface area contributed by atoms with Gasteiger partial charge in [0.2, 0.25) is 5.95 Å². The second-order valence-electron chi connectivity index (χ2n) is 3.50. The fourth-order valence-electron chi connectivity index (χ4n) is 1.42. The fourth-order valence-corrected chi connectivity index (χ4v) is 1.42. The molecule has 1 aromatic heterocycles. The largest absolute Gasteiger partial charge is 0.261 e. The van der Waals surface area contributed by atoms with Crippen LogP contribution in [0.15, 0.2) is 30.6 Å². The molecule has 0 aliphatic carbocycles. The highest BCUT2D eigenvalue weighted by atomic mass is 19.1. The molecule has 1 N–H and O–H groups in total. The predicted molar refractivity (Wildman–Crippen MR) is 61.4 cm³/mol. The number of benzene rings is 1. The van der Waals surface area contributed by atoms with Crippen LogP contribution in [0.1, 0.15) is 5.56 Å². The molecule has 0 amide bonds. The summed E-state index contributed by atoms with van der Waals surface area (Å²) in [7, 11) is 0. The number of rotatable bonds is 2. The maximum atomic E-state index is 13.1. The number of nitrogens with zero attached hydrogens (tertiary/aromatic N) is 3.